The van der Waals surface area contributed by atoms with Gasteiger partial charge >= 0.3 is 11.7 Å². The lowest BCUT2D eigenvalue weighted by Gasteiger charge is -2.09. The van der Waals surface area contributed by atoms with E-state index in [2.05, 4.69) is 5.10 Å². The van der Waals surface area contributed by atoms with Crippen molar-refractivity contribution in [2.24, 2.45) is 5.10 Å². The summed E-state index contributed by atoms with van der Waals surface area (Å²) in [6.07, 6.45) is 0. The molecule has 0 saturated carbocycles. The first kappa shape index (κ1) is 10.4. The summed E-state index contributed by atoms with van der Waals surface area (Å²) in [5.74, 6) is -1.50. The number of nitrogens with zero attached hydrogens (tertiary/aromatic N) is 2. The van der Waals surface area contributed by atoms with Crippen LogP contribution in [0.3, 0.4) is 0 Å². The molecule has 5 nitrogen and oxygen atoms in total. The van der Waals surface area contributed by atoms with Crippen molar-refractivity contribution in [2.45, 2.75) is 6.54 Å². The number of ketones is 1. The van der Waals surface area contributed by atoms with Gasteiger partial charge in [-0.15, -0.1) is 5.10 Å². The average molecular weight is 218 g/mol. The van der Waals surface area contributed by atoms with E-state index in [0.29, 0.717) is 0 Å². The Hall–Kier alpha value is -2.17. The number of carbonyl (C=O) groups excluding carboxylic acids is 2. The van der Waals surface area contributed by atoms with Crippen LogP contribution in [-0.4, -0.2) is 29.7 Å². The largest absolute Gasteiger partial charge is 0.477 e. The summed E-state index contributed by atoms with van der Waals surface area (Å²) < 4.78 is 4.70. The van der Waals surface area contributed by atoms with Crippen molar-refractivity contribution in [3.8, 4) is 0 Å². The van der Waals surface area contributed by atoms with E-state index in [1.54, 1.807) is 0 Å². The Bertz CT molecular complexity index is 454. The minimum atomic E-state index is -0.696. The fourth-order valence-corrected chi connectivity index (χ4v) is 1.41. The molecule has 0 unspecified atom stereocenters. The van der Waals surface area contributed by atoms with Gasteiger partial charge in [0.25, 0.3) is 5.90 Å². The van der Waals surface area contributed by atoms with Crippen LogP contribution in [0, 0.1) is 0 Å². The van der Waals surface area contributed by atoms with Crippen LogP contribution in [-0.2, 0) is 20.9 Å². The van der Waals surface area contributed by atoms with Gasteiger partial charge in [-0.3, -0.25) is 9.59 Å². The average Bonchev–Trinajstić information content (AvgIpc) is 2.58. The predicted molar refractivity (Wildman–Crippen MR) is 56.4 cm³/mol. The van der Waals surface area contributed by atoms with Crippen molar-refractivity contribution in [2.75, 3.05) is 7.11 Å². The quantitative estimate of drug-likeness (QED) is 0.681. The van der Waals surface area contributed by atoms with Crippen LogP contribution in [0.25, 0.3) is 0 Å². The number of methoxy groups -OCH3 is 1. The van der Waals surface area contributed by atoms with Crippen LogP contribution in [0.15, 0.2) is 35.4 Å². The second-order valence-electron chi connectivity index (χ2n) is 3.29. The Labute approximate surface area is 92.3 Å². The molecule has 5 heteroatoms. The molecule has 0 radical (unpaired) electrons. The number of Topliss-reactive ketones (excluding diaryl/α,β-unsaturated/α-hetero) is 1. The van der Waals surface area contributed by atoms with E-state index in [4.69, 9.17) is 4.74 Å². The molecule has 0 saturated heterocycles. The van der Waals surface area contributed by atoms with Crippen LogP contribution >= 0.6 is 0 Å². The number of rotatable bonds is 2. The van der Waals surface area contributed by atoms with Crippen molar-refractivity contribution in [1.82, 2.24) is 5.01 Å². The molecule has 1 aromatic carbocycles. The third-order valence-corrected chi connectivity index (χ3v) is 2.20. The van der Waals surface area contributed by atoms with E-state index in [1.165, 1.54) is 7.11 Å². The second-order valence-corrected chi connectivity index (χ2v) is 3.29. The van der Waals surface area contributed by atoms with Gasteiger partial charge in [0.1, 0.15) is 0 Å². The zero-order valence-electron chi connectivity index (χ0n) is 8.71. The second kappa shape index (κ2) is 4.14. The van der Waals surface area contributed by atoms with Crippen LogP contribution in [0.1, 0.15) is 5.56 Å². The minimum Gasteiger partial charge on any atom is -0.477 e. The summed E-state index contributed by atoms with van der Waals surface area (Å²) in [6, 6.07) is 9.32. The summed E-state index contributed by atoms with van der Waals surface area (Å²) in [5, 5.41) is 4.90. The molecular weight excluding hydrogens is 208 g/mol. The number of carbonyl (C=O) groups is 2. The minimum absolute atomic E-state index is 0.152. The van der Waals surface area contributed by atoms with E-state index < -0.39 is 11.7 Å². The van der Waals surface area contributed by atoms with Gasteiger partial charge in [-0.1, -0.05) is 30.3 Å². The van der Waals surface area contributed by atoms with Crippen molar-refractivity contribution in [1.29, 1.82) is 0 Å². The highest BCUT2D eigenvalue weighted by Gasteiger charge is 2.34. The third-order valence-electron chi connectivity index (χ3n) is 2.20. The fraction of sp³-hybridized carbons (Fsp3) is 0.182. The Balaban J connectivity index is 2.15. The predicted octanol–water partition coefficient (Wildman–Crippen LogP) is 0.558. The van der Waals surface area contributed by atoms with Crippen LogP contribution < -0.4 is 0 Å². The van der Waals surface area contributed by atoms with E-state index in [0.717, 1.165) is 10.6 Å². The Morgan fingerprint density at radius 2 is 1.94 bits per heavy atom. The van der Waals surface area contributed by atoms with E-state index in [-0.39, 0.29) is 12.4 Å². The van der Waals surface area contributed by atoms with Gasteiger partial charge in [-0.2, -0.15) is 0 Å². The molecule has 1 heterocycles. The number of ether oxygens (including phenoxy) is 1. The number of amides is 1. The lowest BCUT2D eigenvalue weighted by Crippen LogP contribution is -2.27. The molecule has 0 aromatic heterocycles. The van der Waals surface area contributed by atoms with E-state index in [9.17, 15) is 9.59 Å². The molecule has 1 aliphatic rings. The van der Waals surface area contributed by atoms with Crippen molar-refractivity contribution >= 4 is 17.6 Å². The Kier molecular flexibility index (Phi) is 2.68. The van der Waals surface area contributed by atoms with Gasteiger partial charge < -0.3 is 4.74 Å². The molecule has 0 aliphatic carbocycles. The van der Waals surface area contributed by atoms with Gasteiger partial charge in [0, 0.05) is 0 Å². The van der Waals surface area contributed by atoms with Crippen LogP contribution in [0.2, 0.25) is 0 Å². The lowest BCUT2D eigenvalue weighted by atomic mass is 10.2. The molecule has 0 N–H and O–H groups in total. The molecule has 16 heavy (non-hydrogen) atoms. The number of hydrogen-bond acceptors (Lipinski definition) is 4. The lowest BCUT2D eigenvalue weighted by molar-refractivity contribution is -0.140. The number of hydrogen-bond donors (Lipinski definition) is 0. The van der Waals surface area contributed by atoms with Gasteiger partial charge in [-0.25, -0.2) is 5.01 Å². The molecule has 1 amide bonds. The SMILES string of the molecule is COC1=NN(Cc2ccccc2)C(=O)C1=O. The van der Waals surface area contributed by atoms with Gasteiger partial charge in [0.2, 0.25) is 0 Å². The van der Waals surface area contributed by atoms with Crippen LogP contribution in [0.4, 0.5) is 0 Å². The highest BCUT2D eigenvalue weighted by Crippen LogP contribution is 2.11. The van der Waals surface area contributed by atoms with Crippen molar-refractivity contribution in [3.63, 3.8) is 0 Å². The molecule has 1 aromatic rings. The first-order valence-electron chi connectivity index (χ1n) is 4.75. The Morgan fingerprint density at radius 3 is 2.50 bits per heavy atom. The summed E-state index contributed by atoms with van der Waals surface area (Å²) in [4.78, 5) is 22.8. The number of benzene rings is 1. The van der Waals surface area contributed by atoms with Crippen molar-refractivity contribution in [3.05, 3.63) is 35.9 Å². The molecule has 0 bridgehead atoms. The summed E-state index contributed by atoms with van der Waals surface area (Å²) in [5.41, 5.74) is 0.907. The zero-order valence-corrected chi connectivity index (χ0v) is 8.71. The van der Waals surface area contributed by atoms with Gasteiger partial charge in [-0.05, 0) is 5.56 Å². The molecule has 0 atom stereocenters. The molecule has 82 valence electrons. The van der Waals surface area contributed by atoms with E-state index in [1.807, 2.05) is 30.3 Å². The van der Waals surface area contributed by atoms with Crippen LogP contribution in [0.5, 0.6) is 0 Å². The fourth-order valence-electron chi connectivity index (χ4n) is 1.41. The summed E-state index contributed by atoms with van der Waals surface area (Å²) in [7, 11) is 1.32. The maximum atomic E-state index is 11.5. The number of hydrazone groups is 1. The smallest absolute Gasteiger partial charge is 0.320 e. The Morgan fingerprint density at radius 1 is 1.25 bits per heavy atom. The summed E-state index contributed by atoms with van der Waals surface area (Å²) >= 11 is 0. The molecular formula is C11H10N2O3. The molecule has 0 spiro atoms. The van der Waals surface area contributed by atoms with E-state index >= 15 is 0 Å². The zero-order chi connectivity index (χ0) is 11.5. The standard InChI is InChI=1S/C11H10N2O3/c1-16-10-9(14)11(15)13(12-10)7-8-5-3-2-4-6-8/h2-6H,7H2,1H3. The maximum absolute atomic E-state index is 11.5. The molecule has 1 aliphatic heterocycles. The normalized spacial score (nSPS) is 15.3. The highest BCUT2D eigenvalue weighted by molar-refractivity contribution is 6.64. The van der Waals surface area contributed by atoms with Gasteiger partial charge in [0.15, 0.2) is 0 Å². The van der Waals surface area contributed by atoms with Crippen molar-refractivity contribution < 1.29 is 14.3 Å². The monoisotopic (exact) mass is 218 g/mol. The third kappa shape index (κ3) is 1.79. The molecule has 2 rings (SSSR count). The first-order chi connectivity index (χ1) is 7.72. The topological polar surface area (TPSA) is 59.0 Å². The first-order valence-corrected chi connectivity index (χ1v) is 4.75. The summed E-state index contributed by atoms with van der Waals surface area (Å²) in [6.45, 7) is 0.276. The highest BCUT2D eigenvalue weighted by atomic mass is 16.5. The maximum Gasteiger partial charge on any atom is 0.320 e. The molecule has 0 fully saturated rings. The van der Waals surface area contributed by atoms with Gasteiger partial charge in [0.05, 0.1) is 13.7 Å².